The Morgan fingerprint density at radius 1 is 1.20 bits per heavy atom. The number of hydrogen-bond donors (Lipinski definition) is 2. The van der Waals surface area contributed by atoms with E-state index in [1.54, 1.807) is 28.8 Å². The largest absolute Gasteiger partial charge is 0.348 e. The van der Waals surface area contributed by atoms with Gasteiger partial charge in [-0.2, -0.15) is 5.10 Å². The lowest BCUT2D eigenvalue weighted by atomic mass is 9.93. The van der Waals surface area contributed by atoms with Crippen LogP contribution in [0.2, 0.25) is 0 Å². The number of thiophene rings is 1. The minimum Gasteiger partial charge on any atom is -0.339 e. The van der Waals surface area contributed by atoms with Gasteiger partial charge < -0.3 is 10.2 Å². The molecule has 1 aromatic carbocycles. The quantitative estimate of drug-likeness (QED) is 0.656. The van der Waals surface area contributed by atoms with Gasteiger partial charge in [0.1, 0.15) is 10.8 Å². The number of amides is 2. The molecule has 3 aromatic rings. The Kier molecular flexibility index (Phi) is 5.80. The van der Waals surface area contributed by atoms with E-state index < -0.39 is 0 Å². The van der Waals surface area contributed by atoms with Crippen LogP contribution in [-0.4, -0.2) is 44.6 Å². The van der Waals surface area contributed by atoms with Crippen molar-refractivity contribution < 1.29 is 9.59 Å². The van der Waals surface area contributed by atoms with E-state index in [0.717, 1.165) is 23.7 Å². The van der Waals surface area contributed by atoms with Gasteiger partial charge in [0.2, 0.25) is 5.91 Å². The smallest absolute Gasteiger partial charge is 0.339 e. The molecule has 4 rings (SSSR count). The van der Waals surface area contributed by atoms with Crippen LogP contribution >= 0.6 is 11.3 Å². The van der Waals surface area contributed by atoms with Crippen molar-refractivity contribution in [1.82, 2.24) is 19.7 Å². The molecule has 2 amide bonds. The van der Waals surface area contributed by atoms with E-state index in [9.17, 15) is 14.4 Å². The van der Waals surface area contributed by atoms with E-state index >= 15 is 0 Å². The molecule has 156 valence electrons. The third-order valence-corrected chi connectivity index (χ3v) is 6.15. The van der Waals surface area contributed by atoms with Gasteiger partial charge in [0, 0.05) is 37.7 Å². The van der Waals surface area contributed by atoms with Crippen LogP contribution in [0.15, 0.2) is 46.6 Å². The Hall–Kier alpha value is -3.20. The maximum Gasteiger partial charge on any atom is 0.348 e. The van der Waals surface area contributed by atoms with Crippen molar-refractivity contribution in [2.24, 2.45) is 5.92 Å². The Balaban J connectivity index is 1.36. The van der Waals surface area contributed by atoms with Crippen LogP contribution in [0.3, 0.4) is 0 Å². The van der Waals surface area contributed by atoms with Crippen molar-refractivity contribution in [3.8, 4) is 5.00 Å². The zero-order valence-corrected chi connectivity index (χ0v) is 17.4. The highest BCUT2D eigenvalue weighted by Crippen LogP contribution is 2.24. The number of piperidine rings is 1. The Morgan fingerprint density at radius 2 is 1.93 bits per heavy atom. The highest BCUT2D eigenvalue weighted by molar-refractivity contribution is 7.12. The molecule has 0 aliphatic carbocycles. The van der Waals surface area contributed by atoms with Crippen LogP contribution in [0.25, 0.3) is 5.00 Å². The molecular weight excluding hydrogens is 402 g/mol. The van der Waals surface area contributed by atoms with Crippen molar-refractivity contribution in [2.45, 2.75) is 26.2 Å². The zero-order chi connectivity index (χ0) is 21.1. The van der Waals surface area contributed by atoms with E-state index in [0.29, 0.717) is 36.7 Å². The first-order valence-corrected chi connectivity index (χ1v) is 10.8. The molecule has 1 aliphatic rings. The maximum atomic E-state index is 12.8. The first-order chi connectivity index (χ1) is 14.5. The van der Waals surface area contributed by atoms with Crippen molar-refractivity contribution in [3.05, 3.63) is 63.7 Å². The first kappa shape index (κ1) is 20.1. The summed E-state index contributed by atoms with van der Waals surface area (Å²) in [4.78, 5) is 37.9. The summed E-state index contributed by atoms with van der Waals surface area (Å²) in [5, 5.41) is 12.3. The van der Waals surface area contributed by atoms with E-state index in [1.807, 2.05) is 22.4 Å². The minimum absolute atomic E-state index is 0.00177. The lowest BCUT2D eigenvalue weighted by molar-refractivity contribution is -0.114. The highest BCUT2D eigenvalue weighted by Gasteiger charge is 2.25. The standard InChI is InChI=1S/C21H23N5O3S/c1-14(27)22-17-6-4-16(5-7-17)20(28)25-10-8-15(9-11-25)13-18-23-24-21(29)26(18)19-3-2-12-30-19/h2-7,12,15H,8-11,13H2,1H3,(H,22,27)(H,24,29). The van der Waals surface area contributed by atoms with Gasteiger partial charge in [0.25, 0.3) is 5.91 Å². The fourth-order valence-electron chi connectivity index (χ4n) is 3.77. The summed E-state index contributed by atoms with van der Waals surface area (Å²) < 4.78 is 1.64. The second kappa shape index (κ2) is 8.66. The fraction of sp³-hybridized carbons (Fsp3) is 0.333. The Bertz CT molecular complexity index is 1080. The van der Waals surface area contributed by atoms with Crippen LogP contribution in [0, 0.1) is 5.92 Å². The molecule has 0 atom stereocenters. The van der Waals surface area contributed by atoms with Gasteiger partial charge in [0.15, 0.2) is 0 Å². The molecular formula is C21H23N5O3S. The van der Waals surface area contributed by atoms with E-state index in [1.165, 1.54) is 18.3 Å². The van der Waals surface area contributed by atoms with E-state index in [2.05, 4.69) is 15.5 Å². The van der Waals surface area contributed by atoms with Crippen molar-refractivity contribution in [1.29, 1.82) is 0 Å². The predicted molar refractivity (Wildman–Crippen MR) is 115 cm³/mol. The van der Waals surface area contributed by atoms with Gasteiger partial charge >= 0.3 is 5.69 Å². The molecule has 3 heterocycles. The van der Waals surface area contributed by atoms with Gasteiger partial charge in [-0.25, -0.2) is 14.5 Å². The fourth-order valence-corrected chi connectivity index (χ4v) is 4.52. The molecule has 0 bridgehead atoms. The summed E-state index contributed by atoms with van der Waals surface area (Å²) in [7, 11) is 0. The molecule has 30 heavy (non-hydrogen) atoms. The molecule has 1 fully saturated rings. The monoisotopic (exact) mass is 425 g/mol. The van der Waals surface area contributed by atoms with Crippen LogP contribution in [0.4, 0.5) is 5.69 Å². The molecule has 0 radical (unpaired) electrons. The number of nitrogens with one attached hydrogen (secondary N) is 2. The number of carbonyl (C=O) groups excluding carboxylic acids is 2. The second-order valence-corrected chi connectivity index (χ2v) is 8.36. The summed E-state index contributed by atoms with van der Waals surface area (Å²) in [5.41, 5.74) is 1.07. The Morgan fingerprint density at radius 3 is 2.57 bits per heavy atom. The second-order valence-electron chi connectivity index (χ2n) is 7.43. The summed E-state index contributed by atoms with van der Waals surface area (Å²) in [6, 6.07) is 10.8. The van der Waals surface area contributed by atoms with Crippen molar-refractivity contribution in [3.63, 3.8) is 0 Å². The van der Waals surface area contributed by atoms with E-state index in [-0.39, 0.29) is 17.5 Å². The summed E-state index contributed by atoms with van der Waals surface area (Å²) in [6.07, 6.45) is 2.42. The summed E-state index contributed by atoms with van der Waals surface area (Å²) in [6.45, 7) is 2.79. The number of likely N-dealkylation sites (tertiary alicyclic amines) is 1. The maximum absolute atomic E-state index is 12.8. The number of hydrogen-bond acceptors (Lipinski definition) is 5. The number of benzene rings is 1. The number of nitrogens with zero attached hydrogens (tertiary/aromatic N) is 3. The summed E-state index contributed by atoms with van der Waals surface area (Å²) >= 11 is 1.50. The average molecular weight is 426 g/mol. The van der Waals surface area contributed by atoms with Gasteiger partial charge in [-0.05, 0) is 60.5 Å². The zero-order valence-electron chi connectivity index (χ0n) is 16.6. The number of aromatic amines is 1. The number of carbonyl (C=O) groups is 2. The molecule has 8 nitrogen and oxygen atoms in total. The lowest BCUT2D eigenvalue weighted by Gasteiger charge is -2.32. The molecule has 0 spiro atoms. The first-order valence-electron chi connectivity index (χ1n) is 9.88. The Labute approximate surface area is 177 Å². The van der Waals surface area contributed by atoms with Crippen molar-refractivity contribution >= 4 is 28.8 Å². The molecule has 2 aromatic heterocycles. The topological polar surface area (TPSA) is 100 Å². The molecule has 1 saturated heterocycles. The summed E-state index contributed by atoms with van der Waals surface area (Å²) in [5.74, 6) is 0.960. The SMILES string of the molecule is CC(=O)Nc1ccc(C(=O)N2CCC(Cc3n[nH]c(=O)n3-c3cccs3)CC2)cc1. The number of rotatable bonds is 5. The average Bonchev–Trinajstić information content (AvgIpc) is 3.38. The number of anilines is 1. The molecule has 9 heteroatoms. The van der Waals surface area contributed by atoms with Crippen LogP contribution in [0.5, 0.6) is 0 Å². The number of H-pyrrole nitrogens is 1. The van der Waals surface area contributed by atoms with Gasteiger partial charge in [-0.3, -0.25) is 9.59 Å². The van der Waals surface area contributed by atoms with Gasteiger partial charge in [0.05, 0.1) is 0 Å². The molecule has 2 N–H and O–H groups in total. The highest BCUT2D eigenvalue weighted by atomic mass is 32.1. The molecule has 1 aliphatic heterocycles. The van der Waals surface area contributed by atoms with Gasteiger partial charge in [-0.1, -0.05) is 0 Å². The van der Waals surface area contributed by atoms with Gasteiger partial charge in [-0.15, -0.1) is 11.3 Å². The third kappa shape index (κ3) is 4.35. The van der Waals surface area contributed by atoms with Crippen LogP contribution in [-0.2, 0) is 11.2 Å². The minimum atomic E-state index is -0.220. The lowest BCUT2D eigenvalue weighted by Crippen LogP contribution is -2.39. The molecule has 0 unspecified atom stereocenters. The number of aromatic nitrogens is 3. The van der Waals surface area contributed by atoms with Crippen molar-refractivity contribution in [2.75, 3.05) is 18.4 Å². The predicted octanol–water partition coefficient (Wildman–Crippen LogP) is 2.68. The molecule has 0 saturated carbocycles. The third-order valence-electron chi connectivity index (χ3n) is 5.29. The van der Waals surface area contributed by atoms with Crippen LogP contribution in [0.1, 0.15) is 35.9 Å². The van der Waals surface area contributed by atoms with Crippen LogP contribution < -0.4 is 11.0 Å². The van der Waals surface area contributed by atoms with E-state index in [4.69, 9.17) is 0 Å². The normalized spacial score (nSPS) is 14.6.